The quantitative estimate of drug-likeness (QED) is 0.405. The minimum atomic E-state index is -1.34. The Morgan fingerprint density at radius 1 is 1.04 bits per heavy atom. The molecule has 4 nitrogen and oxygen atoms in total. The van der Waals surface area contributed by atoms with Crippen LogP contribution < -0.4 is 0 Å². The highest BCUT2D eigenvalue weighted by Crippen LogP contribution is 2.39. The van der Waals surface area contributed by atoms with Gasteiger partial charge in [0.25, 0.3) is 6.04 Å². The van der Waals surface area contributed by atoms with Crippen molar-refractivity contribution in [3.63, 3.8) is 0 Å². The SMILES string of the molecule is CC(=O)C(C(Sc1ccc(Cl)cc1)c1ccc(Cl)cc1)[N+](=O)[O-]. The van der Waals surface area contributed by atoms with Crippen LogP contribution in [0.3, 0.4) is 0 Å². The van der Waals surface area contributed by atoms with Crippen molar-refractivity contribution in [1.82, 2.24) is 0 Å². The Bertz CT molecular complexity index is 690. The summed E-state index contributed by atoms with van der Waals surface area (Å²) in [7, 11) is 0. The van der Waals surface area contributed by atoms with Crippen molar-refractivity contribution >= 4 is 40.7 Å². The number of hydrogen-bond donors (Lipinski definition) is 0. The van der Waals surface area contributed by atoms with Crippen LogP contribution in [-0.2, 0) is 4.79 Å². The van der Waals surface area contributed by atoms with Gasteiger partial charge in [0.2, 0.25) is 5.78 Å². The standard InChI is InChI=1S/C16H13Cl2NO3S/c1-10(20)15(19(21)22)16(11-2-4-12(17)5-3-11)23-14-8-6-13(18)7-9-14/h2-9,15-16H,1H3. The average molecular weight is 370 g/mol. The maximum atomic E-state index is 11.8. The molecule has 2 unspecified atom stereocenters. The highest BCUT2D eigenvalue weighted by molar-refractivity contribution is 7.99. The summed E-state index contributed by atoms with van der Waals surface area (Å²) >= 11 is 13.0. The minimum Gasteiger partial charge on any atom is -0.292 e. The van der Waals surface area contributed by atoms with E-state index in [-0.39, 0.29) is 0 Å². The first-order chi connectivity index (χ1) is 10.9. The highest BCUT2D eigenvalue weighted by Gasteiger charge is 2.37. The molecule has 2 atom stereocenters. The molecule has 0 aliphatic heterocycles. The molecular formula is C16H13Cl2NO3S. The van der Waals surface area contributed by atoms with Gasteiger partial charge in [0.05, 0.1) is 0 Å². The number of Topliss-reactive ketones (excluding diaryl/α,β-unsaturated/α-hetero) is 1. The predicted octanol–water partition coefficient (Wildman–Crippen LogP) is 5.06. The second kappa shape index (κ2) is 7.81. The Morgan fingerprint density at radius 3 is 1.96 bits per heavy atom. The van der Waals surface area contributed by atoms with Crippen LogP contribution in [0.4, 0.5) is 0 Å². The van der Waals surface area contributed by atoms with E-state index in [0.29, 0.717) is 15.6 Å². The molecule has 0 N–H and O–H groups in total. The van der Waals surface area contributed by atoms with Crippen LogP contribution in [0.15, 0.2) is 53.4 Å². The first-order valence-corrected chi connectivity index (χ1v) is 8.33. The Balaban J connectivity index is 2.41. The molecule has 2 rings (SSSR count). The maximum Gasteiger partial charge on any atom is 0.285 e. The number of halogens is 2. The molecule has 0 saturated heterocycles. The molecule has 0 spiro atoms. The molecule has 0 saturated carbocycles. The van der Waals surface area contributed by atoms with Crippen molar-refractivity contribution in [3.05, 3.63) is 74.3 Å². The maximum absolute atomic E-state index is 11.8. The molecule has 7 heteroatoms. The summed E-state index contributed by atoms with van der Waals surface area (Å²) in [5.74, 6) is -0.489. The van der Waals surface area contributed by atoms with E-state index in [4.69, 9.17) is 23.2 Å². The second-order valence-electron chi connectivity index (χ2n) is 4.88. The third kappa shape index (κ3) is 4.70. The van der Waals surface area contributed by atoms with Crippen LogP contribution in [0.5, 0.6) is 0 Å². The van der Waals surface area contributed by atoms with Gasteiger partial charge in [0, 0.05) is 26.8 Å². The Hall–Kier alpha value is -1.56. The van der Waals surface area contributed by atoms with Gasteiger partial charge in [-0.3, -0.25) is 14.9 Å². The molecule has 0 aromatic heterocycles. The Morgan fingerprint density at radius 2 is 1.52 bits per heavy atom. The van der Waals surface area contributed by atoms with Crippen molar-refractivity contribution in [1.29, 1.82) is 0 Å². The largest absolute Gasteiger partial charge is 0.292 e. The lowest BCUT2D eigenvalue weighted by Gasteiger charge is -2.19. The van der Waals surface area contributed by atoms with Gasteiger partial charge in [-0.15, -0.1) is 11.8 Å². The molecule has 0 radical (unpaired) electrons. The fraction of sp³-hybridized carbons (Fsp3) is 0.188. The summed E-state index contributed by atoms with van der Waals surface area (Å²) in [4.78, 5) is 23.5. The van der Waals surface area contributed by atoms with E-state index in [9.17, 15) is 14.9 Å². The summed E-state index contributed by atoms with van der Waals surface area (Å²) in [6.07, 6.45) is 0. The molecule has 23 heavy (non-hydrogen) atoms. The lowest BCUT2D eigenvalue weighted by molar-refractivity contribution is -0.507. The normalized spacial score (nSPS) is 13.3. The fourth-order valence-electron chi connectivity index (χ4n) is 2.10. The minimum absolute atomic E-state index is 0.489. The van der Waals surface area contributed by atoms with Crippen molar-refractivity contribution < 1.29 is 9.72 Å². The van der Waals surface area contributed by atoms with Gasteiger partial charge in [-0.25, -0.2) is 0 Å². The van der Waals surface area contributed by atoms with Crippen molar-refractivity contribution in [2.75, 3.05) is 0 Å². The molecule has 0 fully saturated rings. The van der Waals surface area contributed by atoms with Crippen molar-refractivity contribution in [2.45, 2.75) is 23.1 Å². The van der Waals surface area contributed by atoms with Crippen LogP contribution in [0.1, 0.15) is 17.7 Å². The number of rotatable bonds is 6. The van der Waals surface area contributed by atoms with E-state index in [1.54, 1.807) is 48.5 Å². The van der Waals surface area contributed by atoms with Gasteiger partial charge in [0.15, 0.2) is 0 Å². The number of nitro groups is 1. The van der Waals surface area contributed by atoms with Crippen LogP contribution in [0.2, 0.25) is 10.0 Å². The first kappa shape index (κ1) is 17.8. The molecule has 2 aromatic carbocycles. The van der Waals surface area contributed by atoms with Crippen LogP contribution in [-0.4, -0.2) is 16.7 Å². The van der Waals surface area contributed by atoms with Crippen molar-refractivity contribution in [3.8, 4) is 0 Å². The van der Waals surface area contributed by atoms with Crippen molar-refractivity contribution in [2.24, 2.45) is 0 Å². The van der Waals surface area contributed by atoms with Crippen LogP contribution >= 0.6 is 35.0 Å². The summed E-state index contributed by atoms with van der Waals surface area (Å²) < 4.78 is 0. The van der Waals surface area contributed by atoms with E-state index in [1.165, 1.54) is 18.7 Å². The third-order valence-electron chi connectivity index (χ3n) is 3.21. The molecule has 0 aliphatic carbocycles. The highest BCUT2D eigenvalue weighted by atomic mass is 35.5. The molecular weight excluding hydrogens is 357 g/mol. The number of nitrogens with zero attached hydrogens (tertiary/aromatic N) is 1. The topological polar surface area (TPSA) is 60.2 Å². The smallest absolute Gasteiger partial charge is 0.285 e. The zero-order valence-corrected chi connectivity index (χ0v) is 14.4. The Labute approximate surface area is 147 Å². The number of thioether (sulfide) groups is 1. The number of hydrogen-bond acceptors (Lipinski definition) is 4. The Kier molecular flexibility index (Phi) is 6.04. The van der Waals surface area contributed by atoms with E-state index in [0.717, 1.165) is 4.90 Å². The third-order valence-corrected chi connectivity index (χ3v) is 5.04. The van der Waals surface area contributed by atoms with Gasteiger partial charge in [0.1, 0.15) is 5.25 Å². The molecule has 120 valence electrons. The van der Waals surface area contributed by atoms with Gasteiger partial charge < -0.3 is 0 Å². The second-order valence-corrected chi connectivity index (χ2v) is 6.97. The number of ketones is 1. The number of benzene rings is 2. The van der Waals surface area contributed by atoms with Gasteiger partial charge in [-0.2, -0.15) is 0 Å². The monoisotopic (exact) mass is 369 g/mol. The molecule has 0 amide bonds. The molecule has 2 aromatic rings. The summed E-state index contributed by atoms with van der Waals surface area (Å²) in [6, 6.07) is 12.3. The van der Waals surface area contributed by atoms with E-state index >= 15 is 0 Å². The van der Waals surface area contributed by atoms with E-state index in [2.05, 4.69) is 0 Å². The number of carbonyl (C=O) groups excluding carboxylic acids is 1. The van der Waals surface area contributed by atoms with Crippen LogP contribution in [0.25, 0.3) is 0 Å². The first-order valence-electron chi connectivity index (χ1n) is 6.70. The molecule has 0 heterocycles. The summed E-state index contributed by atoms with van der Waals surface area (Å²) in [5, 5.41) is 11.8. The summed E-state index contributed by atoms with van der Waals surface area (Å²) in [6.45, 7) is 1.23. The van der Waals surface area contributed by atoms with Crippen LogP contribution in [0, 0.1) is 10.1 Å². The summed E-state index contributed by atoms with van der Waals surface area (Å²) in [5.41, 5.74) is 0.672. The lowest BCUT2D eigenvalue weighted by atomic mass is 10.0. The zero-order chi connectivity index (χ0) is 17.0. The van der Waals surface area contributed by atoms with Gasteiger partial charge in [-0.1, -0.05) is 35.3 Å². The van der Waals surface area contributed by atoms with E-state index < -0.39 is 22.0 Å². The zero-order valence-electron chi connectivity index (χ0n) is 12.1. The predicted molar refractivity (Wildman–Crippen MR) is 93.0 cm³/mol. The van der Waals surface area contributed by atoms with Gasteiger partial charge >= 0.3 is 0 Å². The lowest BCUT2D eigenvalue weighted by Crippen LogP contribution is -2.32. The average Bonchev–Trinajstić information content (AvgIpc) is 2.49. The van der Waals surface area contributed by atoms with E-state index in [1.807, 2.05) is 0 Å². The van der Waals surface area contributed by atoms with Gasteiger partial charge in [-0.05, 0) is 42.0 Å². The fourth-order valence-corrected chi connectivity index (χ4v) is 3.65. The molecule has 0 bridgehead atoms. The number of carbonyl (C=O) groups is 1. The molecule has 0 aliphatic rings.